The number of nitrogens with two attached hydrogens (primary N) is 1. The summed E-state index contributed by atoms with van der Waals surface area (Å²) >= 11 is 10.2. The van der Waals surface area contributed by atoms with E-state index in [-0.39, 0.29) is 10.3 Å². The lowest BCUT2D eigenvalue weighted by atomic mass is 9.99. The van der Waals surface area contributed by atoms with Gasteiger partial charge >= 0.3 is 0 Å². The molecular formula is C11H16BrClN2O2S2. The van der Waals surface area contributed by atoms with Gasteiger partial charge in [-0.2, -0.15) is 0 Å². The fourth-order valence-corrected chi connectivity index (χ4v) is 6.15. The van der Waals surface area contributed by atoms with Crippen LogP contribution in [0.2, 0.25) is 5.02 Å². The summed E-state index contributed by atoms with van der Waals surface area (Å²) in [5.74, 6) is 0.346. The Hall–Kier alpha value is 0.340. The van der Waals surface area contributed by atoms with Gasteiger partial charge in [-0.05, 0) is 40.8 Å². The van der Waals surface area contributed by atoms with E-state index in [4.69, 9.17) is 17.3 Å². The van der Waals surface area contributed by atoms with Crippen LogP contribution in [0.1, 0.15) is 25.7 Å². The van der Waals surface area contributed by atoms with Crippen LogP contribution in [0, 0.1) is 5.92 Å². The van der Waals surface area contributed by atoms with E-state index in [0.29, 0.717) is 21.3 Å². The van der Waals surface area contributed by atoms with Crippen molar-refractivity contribution in [2.24, 2.45) is 11.7 Å². The number of rotatable bonds is 5. The van der Waals surface area contributed by atoms with Crippen LogP contribution in [0.15, 0.2) is 14.1 Å². The molecule has 1 aliphatic carbocycles. The Balaban J connectivity index is 2.15. The first-order chi connectivity index (χ1) is 8.94. The van der Waals surface area contributed by atoms with Crippen LogP contribution in [0.4, 0.5) is 0 Å². The summed E-state index contributed by atoms with van der Waals surface area (Å²) < 4.78 is 28.1. The van der Waals surface area contributed by atoms with Gasteiger partial charge in [-0.15, -0.1) is 11.3 Å². The maximum atomic E-state index is 12.3. The monoisotopic (exact) mass is 386 g/mol. The number of hydrogen-bond donors (Lipinski definition) is 2. The summed E-state index contributed by atoms with van der Waals surface area (Å²) in [5.41, 5.74) is 5.71. The molecule has 3 N–H and O–H groups in total. The molecule has 0 amide bonds. The molecule has 0 spiro atoms. The van der Waals surface area contributed by atoms with Crippen molar-refractivity contribution >= 4 is 48.9 Å². The highest BCUT2D eigenvalue weighted by Crippen LogP contribution is 2.35. The highest BCUT2D eigenvalue weighted by Gasteiger charge is 2.29. The van der Waals surface area contributed by atoms with E-state index >= 15 is 0 Å². The third-order valence-corrected chi connectivity index (χ3v) is 7.85. The van der Waals surface area contributed by atoms with Crippen molar-refractivity contribution in [1.29, 1.82) is 0 Å². The van der Waals surface area contributed by atoms with Gasteiger partial charge in [0.25, 0.3) is 0 Å². The summed E-state index contributed by atoms with van der Waals surface area (Å²) in [7, 11) is -3.54. The molecule has 1 unspecified atom stereocenters. The van der Waals surface area contributed by atoms with Crippen LogP contribution < -0.4 is 10.5 Å². The second kappa shape index (κ2) is 6.41. The lowest BCUT2D eigenvalue weighted by Gasteiger charge is -2.22. The SMILES string of the molecule is NCC(NS(=O)(=O)c1cc(Cl)c(Br)s1)C1CCCC1. The zero-order chi connectivity index (χ0) is 14.0. The Morgan fingerprint density at radius 2 is 2.16 bits per heavy atom. The van der Waals surface area contributed by atoms with Crippen LogP contribution in [0.3, 0.4) is 0 Å². The number of thiophene rings is 1. The van der Waals surface area contributed by atoms with Crippen LogP contribution in [0.25, 0.3) is 0 Å². The van der Waals surface area contributed by atoms with Gasteiger partial charge in [0.1, 0.15) is 4.21 Å². The predicted molar refractivity (Wildman–Crippen MR) is 82.2 cm³/mol. The van der Waals surface area contributed by atoms with Gasteiger partial charge in [0, 0.05) is 12.6 Å². The third kappa shape index (κ3) is 3.71. The highest BCUT2D eigenvalue weighted by molar-refractivity contribution is 9.11. The number of halogens is 2. The summed E-state index contributed by atoms with van der Waals surface area (Å²) in [4.78, 5) is 0. The van der Waals surface area contributed by atoms with Crippen molar-refractivity contribution in [2.45, 2.75) is 35.9 Å². The highest BCUT2D eigenvalue weighted by atomic mass is 79.9. The van der Waals surface area contributed by atoms with Crippen molar-refractivity contribution in [1.82, 2.24) is 4.72 Å². The minimum absolute atomic E-state index is 0.188. The molecule has 8 heteroatoms. The van der Waals surface area contributed by atoms with Gasteiger partial charge in [-0.1, -0.05) is 24.4 Å². The van der Waals surface area contributed by atoms with Crippen molar-refractivity contribution in [2.75, 3.05) is 6.54 Å². The van der Waals surface area contributed by atoms with Gasteiger partial charge in [-0.3, -0.25) is 0 Å². The molecule has 2 rings (SSSR count). The molecular weight excluding hydrogens is 372 g/mol. The fraction of sp³-hybridized carbons (Fsp3) is 0.636. The van der Waals surface area contributed by atoms with Gasteiger partial charge in [0.2, 0.25) is 10.0 Å². The zero-order valence-corrected chi connectivity index (χ0v) is 14.2. The fourth-order valence-electron chi connectivity index (χ4n) is 2.41. The Bertz CT molecular complexity index is 521. The quantitative estimate of drug-likeness (QED) is 0.816. The lowest BCUT2D eigenvalue weighted by molar-refractivity contribution is 0.406. The first-order valence-corrected chi connectivity index (χ1v) is 9.58. The summed E-state index contributed by atoms with van der Waals surface area (Å²) in [6, 6.07) is 1.27. The predicted octanol–water partition coefficient (Wildman–Crippen LogP) is 2.96. The van der Waals surface area contributed by atoms with E-state index in [9.17, 15) is 8.42 Å². The van der Waals surface area contributed by atoms with E-state index in [1.807, 2.05) is 0 Å². The number of nitrogens with one attached hydrogen (secondary N) is 1. The molecule has 19 heavy (non-hydrogen) atoms. The smallest absolute Gasteiger partial charge is 0.250 e. The number of sulfonamides is 1. The van der Waals surface area contributed by atoms with E-state index in [2.05, 4.69) is 20.7 Å². The van der Waals surface area contributed by atoms with Crippen LogP contribution in [0.5, 0.6) is 0 Å². The second-order valence-corrected chi connectivity index (χ2v) is 9.41. The molecule has 0 saturated heterocycles. The largest absolute Gasteiger partial charge is 0.329 e. The minimum atomic E-state index is -3.54. The third-order valence-electron chi connectivity index (χ3n) is 3.42. The summed E-state index contributed by atoms with van der Waals surface area (Å²) in [6.45, 7) is 0.324. The van der Waals surface area contributed by atoms with Crippen LogP contribution in [-0.2, 0) is 10.0 Å². The zero-order valence-electron chi connectivity index (χ0n) is 10.2. The second-order valence-electron chi connectivity index (χ2n) is 4.70. The molecule has 1 fully saturated rings. The Morgan fingerprint density at radius 1 is 1.53 bits per heavy atom. The number of hydrogen-bond acceptors (Lipinski definition) is 4. The molecule has 0 radical (unpaired) electrons. The summed E-state index contributed by atoms with van der Waals surface area (Å²) in [5, 5.41) is 0.413. The first-order valence-electron chi connectivity index (χ1n) is 6.11. The molecule has 1 heterocycles. The molecule has 1 aromatic rings. The van der Waals surface area contributed by atoms with E-state index in [0.717, 1.165) is 37.0 Å². The van der Waals surface area contributed by atoms with Crippen molar-refractivity contribution < 1.29 is 8.42 Å². The van der Waals surface area contributed by atoms with Crippen molar-refractivity contribution in [3.63, 3.8) is 0 Å². The lowest BCUT2D eigenvalue weighted by Crippen LogP contribution is -2.44. The maximum Gasteiger partial charge on any atom is 0.250 e. The average Bonchev–Trinajstić information content (AvgIpc) is 2.98. The van der Waals surface area contributed by atoms with Gasteiger partial charge in [-0.25, -0.2) is 13.1 Å². The molecule has 0 aliphatic heterocycles. The average molecular weight is 388 g/mol. The van der Waals surface area contributed by atoms with Gasteiger partial charge in [0.05, 0.1) is 8.81 Å². The normalized spacial score (nSPS) is 18.9. The van der Waals surface area contributed by atoms with E-state index < -0.39 is 10.0 Å². The minimum Gasteiger partial charge on any atom is -0.329 e. The van der Waals surface area contributed by atoms with Crippen molar-refractivity contribution in [3.8, 4) is 0 Å². The first kappa shape index (κ1) is 15.7. The standard InChI is InChI=1S/C11H16BrClN2O2S2/c12-11-8(13)5-10(18-11)19(16,17)15-9(6-14)7-3-1-2-4-7/h5,7,9,15H,1-4,6,14H2. The Kier molecular flexibility index (Phi) is 5.30. The Morgan fingerprint density at radius 3 is 2.63 bits per heavy atom. The molecule has 1 aliphatic rings. The molecule has 108 valence electrons. The maximum absolute atomic E-state index is 12.3. The molecule has 1 aromatic heterocycles. The summed E-state index contributed by atoms with van der Waals surface area (Å²) in [6.07, 6.45) is 4.39. The topological polar surface area (TPSA) is 72.2 Å². The molecule has 0 aromatic carbocycles. The van der Waals surface area contributed by atoms with Crippen LogP contribution in [-0.4, -0.2) is 21.0 Å². The van der Waals surface area contributed by atoms with Gasteiger partial charge < -0.3 is 5.73 Å². The van der Waals surface area contributed by atoms with Crippen LogP contribution >= 0.6 is 38.9 Å². The Labute approximate surface area is 130 Å². The molecule has 1 atom stereocenters. The molecule has 0 bridgehead atoms. The van der Waals surface area contributed by atoms with Crippen molar-refractivity contribution in [3.05, 3.63) is 14.9 Å². The molecule has 4 nitrogen and oxygen atoms in total. The van der Waals surface area contributed by atoms with Gasteiger partial charge in [0.15, 0.2) is 0 Å². The van der Waals surface area contributed by atoms with E-state index in [1.165, 1.54) is 6.07 Å². The molecule has 1 saturated carbocycles. The van der Waals surface area contributed by atoms with E-state index in [1.54, 1.807) is 0 Å².